The van der Waals surface area contributed by atoms with Crippen LogP contribution in [0.3, 0.4) is 0 Å². The Hall–Kier alpha value is -0.730. The van der Waals surface area contributed by atoms with Gasteiger partial charge in [-0.1, -0.05) is 17.7 Å². The second kappa shape index (κ2) is 2.96. The van der Waals surface area contributed by atoms with Crippen molar-refractivity contribution in [2.75, 3.05) is 6.54 Å². The Labute approximate surface area is 76.3 Å². The van der Waals surface area contributed by atoms with Gasteiger partial charge < -0.3 is 10.5 Å². The quantitative estimate of drug-likeness (QED) is 0.718. The van der Waals surface area contributed by atoms with Gasteiger partial charge in [-0.3, -0.25) is 0 Å². The Bertz CT molecular complexity index is 301. The van der Waals surface area contributed by atoms with Crippen LogP contribution in [0.15, 0.2) is 18.2 Å². The molecule has 1 aliphatic heterocycles. The van der Waals surface area contributed by atoms with Crippen molar-refractivity contribution >= 4 is 11.6 Å². The number of ether oxygens (including phenoxy) is 1. The summed E-state index contributed by atoms with van der Waals surface area (Å²) in [5, 5.41) is 0.714. The third-order valence-corrected chi connectivity index (χ3v) is 2.27. The lowest BCUT2D eigenvalue weighted by Gasteiger charge is -2.05. The van der Waals surface area contributed by atoms with Crippen LogP contribution in [-0.2, 0) is 6.42 Å². The third kappa shape index (κ3) is 1.28. The van der Waals surface area contributed by atoms with Gasteiger partial charge in [0, 0.05) is 18.0 Å². The molecule has 0 aliphatic carbocycles. The molecule has 2 rings (SSSR count). The predicted molar refractivity (Wildman–Crippen MR) is 48.6 cm³/mol. The molecule has 64 valence electrons. The van der Waals surface area contributed by atoms with Gasteiger partial charge in [-0.15, -0.1) is 0 Å². The lowest BCUT2D eigenvalue weighted by atomic mass is 10.1. The molecule has 2 N–H and O–H groups in total. The highest BCUT2D eigenvalue weighted by Gasteiger charge is 2.21. The molecule has 1 heterocycles. The molecule has 1 unspecified atom stereocenters. The standard InChI is InChI=1S/C9H10ClNO/c10-7-2-1-6-3-8(5-11)12-9(6)4-7/h1-2,4,8H,3,5,11H2. The Balaban J connectivity index is 2.30. The molecule has 0 spiro atoms. The molecule has 1 aliphatic rings. The lowest BCUT2D eigenvalue weighted by molar-refractivity contribution is 0.241. The lowest BCUT2D eigenvalue weighted by Crippen LogP contribution is -2.24. The highest BCUT2D eigenvalue weighted by molar-refractivity contribution is 6.30. The van der Waals surface area contributed by atoms with Crippen LogP contribution in [0.4, 0.5) is 0 Å². The molecule has 0 fully saturated rings. The summed E-state index contributed by atoms with van der Waals surface area (Å²) >= 11 is 5.80. The first-order valence-electron chi connectivity index (χ1n) is 3.95. The van der Waals surface area contributed by atoms with E-state index in [0.717, 1.165) is 12.2 Å². The molecule has 0 bridgehead atoms. The minimum Gasteiger partial charge on any atom is -0.488 e. The number of hydrogen-bond donors (Lipinski definition) is 1. The number of fused-ring (bicyclic) bond motifs is 1. The number of nitrogens with two attached hydrogens (primary N) is 1. The van der Waals surface area contributed by atoms with Crippen LogP contribution < -0.4 is 10.5 Å². The monoisotopic (exact) mass is 183 g/mol. The van der Waals surface area contributed by atoms with Crippen molar-refractivity contribution in [1.29, 1.82) is 0 Å². The molecule has 3 heteroatoms. The average Bonchev–Trinajstić information content (AvgIpc) is 2.46. The van der Waals surface area contributed by atoms with E-state index < -0.39 is 0 Å². The van der Waals surface area contributed by atoms with E-state index in [4.69, 9.17) is 22.1 Å². The van der Waals surface area contributed by atoms with Gasteiger partial charge in [-0.25, -0.2) is 0 Å². The smallest absolute Gasteiger partial charge is 0.124 e. The second-order valence-electron chi connectivity index (χ2n) is 2.93. The molecule has 1 atom stereocenters. The van der Waals surface area contributed by atoms with Crippen LogP contribution in [0.25, 0.3) is 0 Å². The molecular weight excluding hydrogens is 174 g/mol. The highest BCUT2D eigenvalue weighted by atomic mass is 35.5. The summed E-state index contributed by atoms with van der Waals surface area (Å²) in [6, 6.07) is 5.71. The zero-order valence-electron chi connectivity index (χ0n) is 6.59. The van der Waals surface area contributed by atoms with Crippen LogP contribution in [0, 0.1) is 0 Å². The normalized spacial score (nSPS) is 20.3. The average molecular weight is 184 g/mol. The Kier molecular flexibility index (Phi) is 1.95. The van der Waals surface area contributed by atoms with Crippen LogP contribution in [-0.4, -0.2) is 12.6 Å². The molecule has 0 saturated heterocycles. The summed E-state index contributed by atoms with van der Waals surface area (Å²) in [4.78, 5) is 0. The van der Waals surface area contributed by atoms with Crippen molar-refractivity contribution in [3.05, 3.63) is 28.8 Å². The summed E-state index contributed by atoms with van der Waals surface area (Å²) in [5.41, 5.74) is 6.70. The highest BCUT2D eigenvalue weighted by Crippen LogP contribution is 2.30. The van der Waals surface area contributed by atoms with E-state index in [1.54, 1.807) is 0 Å². The number of rotatable bonds is 1. The minimum absolute atomic E-state index is 0.137. The summed E-state index contributed by atoms with van der Waals surface area (Å²) < 4.78 is 5.53. The summed E-state index contributed by atoms with van der Waals surface area (Å²) in [6.07, 6.45) is 1.04. The first kappa shape index (κ1) is 7.90. The van der Waals surface area contributed by atoms with Gasteiger partial charge >= 0.3 is 0 Å². The first-order chi connectivity index (χ1) is 5.79. The Morgan fingerprint density at radius 1 is 1.58 bits per heavy atom. The van der Waals surface area contributed by atoms with Crippen molar-refractivity contribution in [3.8, 4) is 5.75 Å². The SMILES string of the molecule is NCC1Cc2ccc(Cl)cc2O1. The number of hydrogen-bond acceptors (Lipinski definition) is 2. The zero-order valence-corrected chi connectivity index (χ0v) is 7.34. The van der Waals surface area contributed by atoms with Gasteiger partial charge in [0.05, 0.1) is 0 Å². The van der Waals surface area contributed by atoms with Crippen LogP contribution in [0.1, 0.15) is 5.56 Å². The fraction of sp³-hybridized carbons (Fsp3) is 0.333. The molecule has 1 aromatic carbocycles. The largest absolute Gasteiger partial charge is 0.488 e. The second-order valence-corrected chi connectivity index (χ2v) is 3.37. The van der Waals surface area contributed by atoms with Gasteiger partial charge in [-0.05, 0) is 17.7 Å². The molecule has 0 saturated carbocycles. The predicted octanol–water partition coefficient (Wildman–Crippen LogP) is 1.60. The summed E-state index contributed by atoms with van der Waals surface area (Å²) in [7, 11) is 0. The maximum atomic E-state index is 5.80. The van der Waals surface area contributed by atoms with E-state index in [1.807, 2.05) is 18.2 Å². The topological polar surface area (TPSA) is 35.2 Å². The van der Waals surface area contributed by atoms with Crippen molar-refractivity contribution in [2.45, 2.75) is 12.5 Å². The van der Waals surface area contributed by atoms with Gasteiger partial charge in [-0.2, -0.15) is 0 Å². The fourth-order valence-electron chi connectivity index (χ4n) is 1.40. The zero-order chi connectivity index (χ0) is 8.55. The molecule has 1 aromatic rings. The van der Waals surface area contributed by atoms with Crippen molar-refractivity contribution in [2.24, 2.45) is 5.73 Å². The van der Waals surface area contributed by atoms with E-state index in [9.17, 15) is 0 Å². The molecule has 12 heavy (non-hydrogen) atoms. The minimum atomic E-state index is 0.137. The Morgan fingerprint density at radius 3 is 3.17 bits per heavy atom. The van der Waals surface area contributed by atoms with E-state index in [-0.39, 0.29) is 6.10 Å². The first-order valence-corrected chi connectivity index (χ1v) is 4.32. The molecule has 2 nitrogen and oxygen atoms in total. The number of halogens is 1. The third-order valence-electron chi connectivity index (χ3n) is 2.03. The molecule has 0 radical (unpaired) electrons. The summed E-state index contributed by atoms with van der Waals surface area (Å²) in [5.74, 6) is 0.887. The van der Waals surface area contributed by atoms with Crippen molar-refractivity contribution < 1.29 is 4.74 Å². The maximum Gasteiger partial charge on any atom is 0.124 e. The van der Waals surface area contributed by atoms with Crippen LogP contribution >= 0.6 is 11.6 Å². The van der Waals surface area contributed by atoms with E-state index in [1.165, 1.54) is 5.56 Å². The fourth-order valence-corrected chi connectivity index (χ4v) is 1.57. The Morgan fingerprint density at radius 2 is 2.42 bits per heavy atom. The summed E-state index contributed by atoms with van der Waals surface area (Å²) in [6.45, 7) is 0.562. The van der Waals surface area contributed by atoms with Crippen molar-refractivity contribution in [1.82, 2.24) is 0 Å². The van der Waals surface area contributed by atoms with E-state index >= 15 is 0 Å². The molecule has 0 amide bonds. The van der Waals surface area contributed by atoms with Gasteiger partial charge in [0.25, 0.3) is 0 Å². The van der Waals surface area contributed by atoms with Crippen molar-refractivity contribution in [3.63, 3.8) is 0 Å². The van der Waals surface area contributed by atoms with Gasteiger partial charge in [0.15, 0.2) is 0 Å². The van der Waals surface area contributed by atoms with E-state index in [0.29, 0.717) is 11.6 Å². The molecular formula is C9H10ClNO. The van der Waals surface area contributed by atoms with Gasteiger partial charge in [0.2, 0.25) is 0 Å². The number of benzene rings is 1. The van der Waals surface area contributed by atoms with E-state index in [2.05, 4.69) is 0 Å². The molecule has 0 aromatic heterocycles. The van der Waals surface area contributed by atoms with Crippen LogP contribution in [0.5, 0.6) is 5.75 Å². The van der Waals surface area contributed by atoms with Gasteiger partial charge in [0.1, 0.15) is 11.9 Å². The van der Waals surface area contributed by atoms with Crippen LogP contribution in [0.2, 0.25) is 5.02 Å². The maximum absolute atomic E-state index is 5.80.